The molecule has 0 saturated carbocycles. The maximum Gasteiger partial charge on any atom is 0.255 e. The van der Waals surface area contributed by atoms with Gasteiger partial charge >= 0.3 is 0 Å². The molecule has 1 aromatic carbocycles. The highest BCUT2D eigenvalue weighted by Crippen LogP contribution is 2.16. The van der Waals surface area contributed by atoms with Crippen LogP contribution in [0.25, 0.3) is 0 Å². The van der Waals surface area contributed by atoms with Crippen LogP contribution < -0.4 is 5.32 Å². The Labute approximate surface area is 91.1 Å². The van der Waals surface area contributed by atoms with Crippen molar-refractivity contribution in [3.63, 3.8) is 0 Å². The zero-order chi connectivity index (χ0) is 11.3. The first kappa shape index (κ1) is 11.6. The fourth-order valence-electron chi connectivity index (χ4n) is 1.32. The van der Waals surface area contributed by atoms with E-state index in [9.17, 15) is 4.79 Å². The van der Waals surface area contributed by atoms with Gasteiger partial charge in [0.2, 0.25) is 0 Å². The standard InChI is InChI=1S/C12H18N2O/c1-4-9-13-11-8-6-5-7-10(11)12(15)14(2)3/h5-8,13H,4,9H2,1-3H3. The van der Waals surface area contributed by atoms with Crippen molar-refractivity contribution >= 4 is 11.6 Å². The molecule has 0 radical (unpaired) electrons. The fraction of sp³-hybridized carbons (Fsp3) is 0.417. The second kappa shape index (κ2) is 5.39. The van der Waals surface area contributed by atoms with Crippen LogP contribution in [0.1, 0.15) is 23.7 Å². The highest BCUT2D eigenvalue weighted by molar-refractivity contribution is 5.99. The van der Waals surface area contributed by atoms with Crippen molar-refractivity contribution in [1.29, 1.82) is 0 Å². The fourth-order valence-corrected chi connectivity index (χ4v) is 1.32. The molecule has 0 aliphatic carbocycles. The minimum atomic E-state index is 0.0363. The minimum Gasteiger partial charge on any atom is -0.384 e. The van der Waals surface area contributed by atoms with Crippen LogP contribution in [0, 0.1) is 0 Å². The van der Waals surface area contributed by atoms with Crippen LogP contribution in [-0.2, 0) is 0 Å². The van der Waals surface area contributed by atoms with E-state index in [0.29, 0.717) is 0 Å². The van der Waals surface area contributed by atoms with Gasteiger partial charge < -0.3 is 10.2 Å². The number of benzene rings is 1. The van der Waals surface area contributed by atoms with E-state index in [1.807, 2.05) is 24.3 Å². The van der Waals surface area contributed by atoms with Gasteiger partial charge in [0.1, 0.15) is 0 Å². The molecule has 0 aliphatic rings. The molecule has 0 aromatic heterocycles. The summed E-state index contributed by atoms with van der Waals surface area (Å²) < 4.78 is 0. The van der Waals surface area contributed by atoms with Crippen molar-refractivity contribution in [1.82, 2.24) is 4.90 Å². The summed E-state index contributed by atoms with van der Waals surface area (Å²) in [7, 11) is 3.53. The Balaban J connectivity index is 2.90. The van der Waals surface area contributed by atoms with Gasteiger partial charge in [-0.05, 0) is 18.6 Å². The molecule has 3 nitrogen and oxygen atoms in total. The van der Waals surface area contributed by atoms with E-state index in [2.05, 4.69) is 12.2 Å². The van der Waals surface area contributed by atoms with Gasteiger partial charge in [-0.3, -0.25) is 4.79 Å². The topological polar surface area (TPSA) is 32.3 Å². The summed E-state index contributed by atoms with van der Waals surface area (Å²) in [4.78, 5) is 13.4. The highest BCUT2D eigenvalue weighted by Gasteiger charge is 2.11. The van der Waals surface area contributed by atoms with Crippen LogP contribution in [0.3, 0.4) is 0 Å². The molecule has 3 heteroatoms. The first-order valence-corrected chi connectivity index (χ1v) is 5.21. The van der Waals surface area contributed by atoms with Gasteiger partial charge in [-0.2, -0.15) is 0 Å². The zero-order valence-corrected chi connectivity index (χ0v) is 9.58. The molecule has 0 fully saturated rings. The molecule has 82 valence electrons. The van der Waals surface area contributed by atoms with Gasteiger partial charge in [0, 0.05) is 26.3 Å². The lowest BCUT2D eigenvalue weighted by Gasteiger charge is -2.14. The number of hydrogen-bond acceptors (Lipinski definition) is 2. The molecule has 1 aromatic rings. The molecule has 1 N–H and O–H groups in total. The van der Waals surface area contributed by atoms with Crippen LogP contribution in [0.5, 0.6) is 0 Å². The Morgan fingerprint density at radius 3 is 2.60 bits per heavy atom. The predicted octanol–water partition coefficient (Wildman–Crippen LogP) is 2.21. The van der Waals surface area contributed by atoms with E-state index < -0.39 is 0 Å². The molecule has 0 spiro atoms. The SMILES string of the molecule is CCCNc1ccccc1C(=O)N(C)C. The molecule has 0 atom stereocenters. The van der Waals surface area contributed by atoms with Crippen molar-refractivity contribution < 1.29 is 4.79 Å². The largest absolute Gasteiger partial charge is 0.384 e. The summed E-state index contributed by atoms with van der Waals surface area (Å²) in [6.07, 6.45) is 1.05. The molecule has 0 bridgehead atoms. The lowest BCUT2D eigenvalue weighted by atomic mass is 10.1. The smallest absolute Gasteiger partial charge is 0.255 e. The van der Waals surface area contributed by atoms with Crippen LogP contribution in [0.15, 0.2) is 24.3 Å². The number of anilines is 1. The summed E-state index contributed by atoms with van der Waals surface area (Å²) in [6.45, 7) is 2.99. The lowest BCUT2D eigenvalue weighted by Crippen LogP contribution is -2.23. The molecule has 0 aliphatic heterocycles. The molecule has 1 rings (SSSR count). The quantitative estimate of drug-likeness (QED) is 0.819. The summed E-state index contributed by atoms with van der Waals surface area (Å²) in [6, 6.07) is 7.60. The van der Waals surface area contributed by atoms with Crippen LogP contribution in [0.2, 0.25) is 0 Å². The van der Waals surface area contributed by atoms with Crippen LogP contribution in [0.4, 0.5) is 5.69 Å². The van der Waals surface area contributed by atoms with E-state index in [0.717, 1.165) is 24.2 Å². The molecule has 0 heterocycles. The third-order valence-electron chi connectivity index (χ3n) is 2.13. The number of nitrogens with zero attached hydrogens (tertiary/aromatic N) is 1. The maximum atomic E-state index is 11.8. The monoisotopic (exact) mass is 206 g/mol. The van der Waals surface area contributed by atoms with Gasteiger partial charge in [0.25, 0.3) is 5.91 Å². The molecule has 1 amide bonds. The molecule has 0 saturated heterocycles. The summed E-state index contributed by atoms with van der Waals surface area (Å²) in [5.41, 5.74) is 1.65. The first-order valence-electron chi connectivity index (χ1n) is 5.21. The number of nitrogens with one attached hydrogen (secondary N) is 1. The Bertz CT molecular complexity index is 334. The summed E-state index contributed by atoms with van der Waals surface area (Å²) in [5, 5.41) is 3.25. The third kappa shape index (κ3) is 2.98. The Kier molecular flexibility index (Phi) is 4.16. The second-order valence-electron chi connectivity index (χ2n) is 3.67. The average molecular weight is 206 g/mol. The van der Waals surface area contributed by atoms with Gasteiger partial charge in [-0.1, -0.05) is 19.1 Å². The predicted molar refractivity (Wildman–Crippen MR) is 63.2 cm³/mol. The van der Waals surface area contributed by atoms with Crippen molar-refractivity contribution in [2.75, 3.05) is 26.0 Å². The van der Waals surface area contributed by atoms with E-state index in [-0.39, 0.29) is 5.91 Å². The van der Waals surface area contributed by atoms with Crippen LogP contribution >= 0.6 is 0 Å². The van der Waals surface area contributed by atoms with Gasteiger partial charge in [-0.25, -0.2) is 0 Å². The third-order valence-corrected chi connectivity index (χ3v) is 2.13. The minimum absolute atomic E-state index is 0.0363. The van der Waals surface area contributed by atoms with E-state index in [1.54, 1.807) is 19.0 Å². The Morgan fingerprint density at radius 2 is 2.00 bits per heavy atom. The van der Waals surface area contributed by atoms with Gasteiger partial charge in [0.05, 0.1) is 5.56 Å². The molecule has 15 heavy (non-hydrogen) atoms. The number of hydrogen-bond donors (Lipinski definition) is 1. The zero-order valence-electron chi connectivity index (χ0n) is 9.58. The number of carbonyl (C=O) groups is 1. The number of carbonyl (C=O) groups excluding carboxylic acids is 1. The highest BCUT2D eigenvalue weighted by atomic mass is 16.2. The van der Waals surface area contributed by atoms with E-state index in [1.165, 1.54) is 0 Å². The van der Waals surface area contributed by atoms with Crippen molar-refractivity contribution in [2.24, 2.45) is 0 Å². The molecule has 0 unspecified atom stereocenters. The maximum absolute atomic E-state index is 11.8. The number of para-hydroxylation sites is 1. The normalized spacial score (nSPS) is 9.80. The summed E-state index contributed by atoms with van der Waals surface area (Å²) in [5.74, 6) is 0.0363. The second-order valence-corrected chi connectivity index (χ2v) is 3.67. The van der Waals surface area contributed by atoms with Crippen molar-refractivity contribution in [3.05, 3.63) is 29.8 Å². The van der Waals surface area contributed by atoms with Gasteiger partial charge in [0.15, 0.2) is 0 Å². The van der Waals surface area contributed by atoms with Gasteiger partial charge in [-0.15, -0.1) is 0 Å². The Morgan fingerprint density at radius 1 is 1.33 bits per heavy atom. The van der Waals surface area contributed by atoms with Crippen LogP contribution in [-0.4, -0.2) is 31.4 Å². The first-order chi connectivity index (χ1) is 7.16. The lowest BCUT2D eigenvalue weighted by molar-refractivity contribution is 0.0828. The van der Waals surface area contributed by atoms with Crippen molar-refractivity contribution in [2.45, 2.75) is 13.3 Å². The van der Waals surface area contributed by atoms with E-state index >= 15 is 0 Å². The number of rotatable bonds is 4. The number of amides is 1. The van der Waals surface area contributed by atoms with E-state index in [4.69, 9.17) is 0 Å². The Hall–Kier alpha value is -1.51. The summed E-state index contributed by atoms with van der Waals surface area (Å²) >= 11 is 0. The molecular weight excluding hydrogens is 188 g/mol. The average Bonchev–Trinajstić information content (AvgIpc) is 2.25. The van der Waals surface area contributed by atoms with Crippen molar-refractivity contribution in [3.8, 4) is 0 Å². The molecular formula is C12H18N2O.